The van der Waals surface area contributed by atoms with Crippen LogP contribution in [0.3, 0.4) is 0 Å². The Morgan fingerprint density at radius 3 is 2.89 bits per heavy atom. The number of hydrogen-bond donors (Lipinski definition) is 0. The maximum Gasteiger partial charge on any atom is 0.0966 e. The zero-order chi connectivity index (χ0) is 6.27. The van der Waals surface area contributed by atoms with Crippen molar-refractivity contribution in [3.8, 4) is 0 Å². The predicted octanol–water partition coefficient (Wildman–Crippen LogP) is 2.09. The van der Waals surface area contributed by atoms with Crippen LogP contribution < -0.4 is 0 Å². The lowest BCUT2D eigenvalue weighted by Gasteiger charge is -2.00. The van der Waals surface area contributed by atoms with Gasteiger partial charge in [0.25, 0.3) is 0 Å². The molecule has 1 saturated heterocycles. The van der Waals surface area contributed by atoms with Crippen molar-refractivity contribution in [3.63, 3.8) is 0 Å². The first-order valence-electron chi connectivity index (χ1n) is 3.67. The molecule has 2 heteroatoms. The van der Waals surface area contributed by atoms with Crippen LogP contribution in [0.1, 0.15) is 25.7 Å². The molecule has 3 atom stereocenters. The molecule has 2 rings (SSSR count). The summed E-state index contributed by atoms with van der Waals surface area (Å²) in [6.45, 7) is 0. The summed E-state index contributed by atoms with van der Waals surface area (Å²) >= 11 is 3.62. The summed E-state index contributed by atoms with van der Waals surface area (Å²) in [4.78, 5) is 0.657. The van der Waals surface area contributed by atoms with Crippen LogP contribution in [0.4, 0.5) is 0 Å². The number of ether oxygens (including phenoxy) is 1. The fourth-order valence-corrected chi connectivity index (χ4v) is 2.34. The monoisotopic (exact) mass is 190 g/mol. The van der Waals surface area contributed by atoms with E-state index in [9.17, 15) is 0 Å². The predicted molar refractivity (Wildman–Crippen MR) is 39.8 cm³/mol. The van der Waals surface area contributed by atoms with Crippen molar-refractivity contribution in [2.75, 3.05) is 0 Å². The van der Waals surface area contributed by atoms with Crippen LogP contribution in [0.25, 0.3) is 0 Å². The Labute approximate surface area is 63.9 Å². The Hall–Kier alpha value is 0.440. The quantitative estimate of drug-likeness (QED) is 0.422. The first-order valence-corrected chi connectivity index (χ1v) is 4.59. The van der Waals surface area contributed by atoms with Gasteiger partial charge in [0.1, 0.15) is 0 Å². The number of alkyl halides is 1. The number of epoxide rings is 1. The smallest absolute Gasteiger partial charge is 0.0966 e. The van der Waals surface area contributed by atoms with Crippen molar-refractivity contribution in [1.29, 1.82) is 0 Å². The van der Waals surface area contributed by atoms with E-state index in [1.54, 1.807) is 0 Å². The van der Waals surface area contributed by atoms with E-state index >= 15 is 0 Å². The SMILES string of the molecule is BrC1CCCCC2OC12. The molecule has 52 valence electrons. The molecule has 0 radical (unpaired) electrons. The third-order valence-electron chi connectivity index (χ3n) is 2.20. The fourth-order valence-electron chi connectivity index (χ4n) is 1.56. The standard InChI is InChI=1S/C7H11BrO/c8-5-3-1-2-4-6-7(5)9-6/h5-7H,1-4H2. The van der Waals surface area contributed by atoms with Gasteiger partial charge in [0.15, 0.2) is 0 Å². The summed E-state index contributed by atoms with van der Waals surface area (Å²) in [5.74, 6) is 0. The number of rotatable bonds is 0. The molecular weight excluding hydrogens is 180 g/mol. The summed E-state index contributed by atoms with van der Waals surface area (Å²) in [6, 6.07) is 0. The highest BCUT2D eigenvalue weighted by Crippen LogP contribution is 2.38. The van der Waals surface area contributed by atoms with E-state index in [4.69, 9.17) is 4.74 Å². The lowest BCUT2D eigenvalue weighted by Crippen LogP contribution is -2.06. The van der Waals surface area contributed by atoms with Gasteiger partial charge in [0.05, 0.1) is 12.2 Å². The first-order chi connectivity index (χ1) is 4.38. The van der Waals surface area contributed by atoms with Crippen molar-refractivity contribution in [2.45, 2.75) is 42.7 Å². The minimum Gasteiger partial charge on any atom is -0.368 e. The second-order valence-corrected chi connectivity index (χ2v) is 4.12. The Morgan fingerprint density at radius 1 is 1.22 bits per heavy atom. The van der Waals surface area contributed by atoms with E-state index < -0.39 is 0 Å². The van der Waals surface area contributed by atoms with E-state index in [1.165, 1.54) is 25.7 Å². The van der Waals surface area contributed by atoms with Crippen molar-refractivity contribution < 1.29 is 4.74 Å². The van der Waals surface area contributed by atoms with Gasteiger partial charge in [0.2, 0.25) is 0 Å². The van der Waals surface area contributed by atoms with Crippen molar-refractivity contribution in [2.24, 2.45) is 0 Å². The van der Waals surface area contributed by atoms with Crippen LogP contribution in [0.15, 0.2) is 0 Å². The van der Waals surface area contributed by atoms with E-state index in [0.717, 1.165) is 0 Å². The average molecular weight is 191 g/mol. The minimum absolute atomic E-state index is 0.576. The molecule has 1 heterocycles. The molecule has 0 bridgehead atoms. The molecule has 0 aromatic carbocycles. The van der Waals surface area contributed by atoms with Crippen molar-refractivity contribution in [3.05, 3.63) is 0 Å². The van der Waals surface area contributed by atoms with Crippen LogP contribution in [-0.2, 0) is 4.74 Å². The Kier molecular flexibility index (Phi) is 1.54. The molecule has 1 aliphatic carbocycles. The molecule has 0 spiro atoms. The molecule has 1 saturated carbocycles. The minimum atomic E-state index is 0.576. The molecule has 0 N–H and O–H groups in total. The highest BCUT2D eigenvalue weighted by atomic mass is 79.9. The molecular formula is C7H11BrO. The third-order valence-corrected chi connectivity index (χ3v) is 3.18. The van der Waals surface area contributed by atoms with Gasteiger partial charge in [-0.1, -0.05) is 28.8 Å². The third kappa shape index (κ3) is 1.15. The largest absolute Gasteiger partial charge is 0.368 e. The lowest BCUT2D eigenvalue weighted by atomic mass is 10.2. The van der Waals surface area contributed by atoms with Gasteiger partial charge in [-0.2, -0.15) is 0 Å². The Balaban J connectivity index is 1.96. The summed E-state index contributed by atoms with van der Waals surface area (Å²) in [5, 5.41) is 0. The van der Waals surface area contributed by atoms with Gasteiger partial charge in [-0.25, -0.2) is 0 Å². The van der Waals surface area contributed by atoms with Crippen molar-refractivity contribution in [1.82, 2.24) is 0 Å². The second-order valence-electron chi connectivity index (χ2n) is 2.94. The maximum atomic E-state index is 5.42. The van der Waals surface area contributed by atoms with E-state index in [1.807, 2.05) is 0 Å². The number of halogens is 1. The van der Waals surface area contributed by atoms with Crippen LogP contribution >= 0.6 is 15.9 Å². The summed E-state index contributed by atoms with van der Waals surface area (Å²) in [7, 11) is 0. The lowest BCUT2D eigenvalue weighted by molar-refractivity contribution is 0.340. The van der Waals surface area contributed by atoms with Crippen LogP contribution in [0.2, 0.25) is 0 Å². The van der Waals surface area contributed by atoms with Gasteiger partial charge in [-0.05, 0) is 12.8 Å². The molecule has 3 unspecified atom stereocenters. The number of hydrogen-bond acceptors (Lipinski definition) is 1. The zero-order valence-electron chi connectivity index (χ0n) is 5.35. The van der Waals surface area contributed by atoms with Crippen LogP contribution in [0, 0.1) is 0 Å². The van der Waals surface area contributed by atoms with Gasteiger partial charge in [-0.15, -0.1) is 0 Å². The van der Waals surface area contributed by atoms with E-state index in [-0.39, 0.29) is 0 Å². The molecule has 0 aromatic heterocycles. The average Bonchev–Trinajstić information content (AvgIpc) is 2.55. The summed E-state index contributed by atoms with van der Waals surface area (Å²) in [5.41, 5.74) is 0. The van der Waals surface area contributed by atoms with Crippen LogP contribution in [0.5, 0.6) is 0 Å². The Bertz CT molecular complexity index is 115. The second kappa shape index (κ2) is 2.24. The van der Waals surface area contributed by atoms with Gasteiger partial charge in [0, 0.05) is 4.83 Å². The summed E-state index contributed by atoms with van der Waals surface area (Å²) < 4.78 is 5.42. The molecule has 0 aromatic rings. The van der Waals surface area contributed by atoms with E-state index in [0.29, 0.717) is 17.0 Å². The Morgan fingerprint density at radius 2 is 2.00 bits per heavy atom. The highest BCUT2D eigenvalue weighted by molar-refractivity contribution is 9.09. The molecule has 2 aliphatic rings. The number of fused-ring (bicyclic) bond motifs is 1. The molecule has 0 amide bonds. The normalized spacial score (nSPS) is 49.7. The molecule has 1 nitrogen and oxygen atoms in total. The first kappa shape index (κ1) is 6.17. The maximum absolute atomic E-state index is 5.42. The van der Waals surface area contributed by atoms with Crippen LogP contribution in [-0.4, -0.2) is 17.0 Å². The molecule has 1 aliphatic heterocycles. The fraction of sp³-hybridized carbons (Fsp3) is 1.00. The van der Waals surface area contributed by atoms with Gasteiger partial charge >= 0.3 is 0 Å². The highest BCUT2D eigenvalue weighted by Gasteiger charge is 2.44. The van der Waals surface area contributed by atoms with Crippen molar-refractivity contribution >= 4 is 15.9 Å². The summed E-state index contributed by atoms with van der Waals surface area (Å²) in [6.07, 6.45) is 6.55. The van der Waals surface area contributed by atoms with Gasteiger partial charge < -0.3 is 4.74 Å². The molecule has 9 heavy (non-hydrogen) atoms. The van der Waals surface area contributed by atoms with E-state index in [2.05, 4.69) is 15.9 Å². The topological polar surface area (TPSA) is 12.5 Å². The van der Waals surface area contributed by atoms with Gasteiger partial charge in [-0.3, -0.25) is 0 Å². The molecule has 2 fully saturated rings. The zero-order valence-corrected chi connectivity index (χ0v) is 6.93.